The number of pyridine rings is 1. The number of benzene rings is 1. The summed E-state index contributed by atoms with van der Waals surface area (Å²) in [6.07, 6.45) is 3.48. The number of carbonyl (C=O) groups excluding carboxylic acids is 1. The molecule has 0 unspecified atom stereocenters. The van der Waals surface area contributed by atoms with Crippen LogP contribution in [0.2, 0.25) is 0 Å². The van der Waals surface area contributed by atoms with Crippen LogP contribution in [0.1, 0.15) is 36.5 Å². The van der Waals surface area contributed by atoms with Gasteiger partial charge in [-0.15, -0.1) is 0 Å². The van der Waals surface area contributed by atoms with Crippen LogP contribution in [0.25, 0.3) is 22.3 Å². The Bertz CT molecular complexity index is 1030. The molecule has 4 rings (SSSR count). The minimum absolute atomic E-state index is 0.129. The van der Waals surface area contributed by atoms with E-state index in [0.717, 1.165) is 36.0 Å². The maximum Gasteiger partial charge on any atom is 0.251 e. The summed E-state index contributed by atoms with van der Waals surface area (Å²) in [7, 11) is 1.62. The van der Waals surface area contributed by atoms with Crippen molar-refractivity contribution in [2.45, 2.75) is 32.2 Å². The van der Waals surface area contributed by atoms with E-state index in [-0.39, 0.29) is 5.91 Å². The van der Waals surface area contributed by atoms with Gasteiger partial charge in [-0.1, -0.05) is 12.1 Å². The van der Waals surface area contributed by atoms with Gasteiger partial charge < -0.3 is 16.0 Å². The Morgan fingerprint density at radius 1 is 1.18 bits per heavy atom. The highest BCUT2D eigenvalue weighted by Gasteiger charge is 2.22. The van der Waals surface area contributed by atoms with E-state index < -0.39 is 0 Å². The van der Waals surface area contributed by atoms with Gasteiger partial charge in [0.05, 0.1) is 11.1 Å². The first-order chi connectivity index (χ1) is 13.6. The summed E-state index contributed by atoms with van der Waals surface area (Å²) in [6, 6.07) is 11.5. The van der Waals surface area contributed by atoms with Crippen molar-refractivity contribution in [3.8, 4) is 11.3 Å². The zero-order valence-electron chi connectivity index (χ0n) is 16.1. The molecule has 1 aromatic carbocycles. The van der Waals surface area contributed by atoms with Crippen LogP contribution in [0, 0.1) is 0 Å². The van der Waals surface area contributed by atoms with Crippen LogP contribution in [-0.4, -0.2) is 40.5 Å². The van der Waals surface area contributed by atoms with Gasteiger partial charge in [0.1, 0.15) is 5.82 Å². The molecule has 1 aliphatic rings. The predicted octanol–water partition coefficient (Wildman–Crippen LogP) is 3.01. The second kappa shape index (κ2) is 7.42. The lowest BCUT2D eigenvalue weighted by atomic mass is 10.0. The molecule has 28 heavy (non-hydrogen) atoms. The number of carbonyl (C=O) groups is 1. The molecule has 1 amide bonds. The lowest BCUT2D eigenvalue weighted by Crippen LogP contribution is -2.38. The second-order valence-electron chi connectivity index (χ2n) is 7.17. The number of amides is 1. The number of aromatic nitrogens is 3. The maximum atomic E-state index is 11.9. The Kier molecular flexibility index (Phi) is 4.81. The Morgan fingerprint density at radius 2 is 2.04 bits per heavy atom. The smallest absolute Gasteiger partial charge is 0.251 e. The van der Waals surface area contributed by atoms with E-state index in [2.05, 4.69) is 22.1 Å². The van der Waals surface area contributed by atoms with Gasteiger partial charge in [-0.25, -0.2) is 4.98 Å². The Balaban J connectivity index is 1.77. The molecule has 144 valence electrons. The molecule has 1 fully saturated rings. The van der Waals surface area contributed by atoms with Gasteiger partial charge in [0.15, 0.2) is 5.65 Å². The lowest BCUT2D eigenvalue weighted by molar-refractivity contribution is 0.0963. The summed E-state index contributed by atoms with van der Waals surface area (Å²) in [5.41, 5.74) is 8.97. The minimum atomic E-state index is -0.129. The normalized spacial score (nSPS) is 16.9. The molecule has 3 heterocycles. The first-order valence-electron chi connectivity index (χ1n) is 9.60. The van der Waals surface area contributed by atoms with E-state index in [1.165, 1.54) is 6.42 Å². The number of nitrogen functional groups attached to an aromatic ring is 1. The first-order valence-corrected chi connectivity index (χ1v) is 9.60. The van der Waals surface area contributed by atoms with Gasteiger partial charge in [-0.3, -0.25) is 4.79 Å². The van der Waals surface area contributed by atoms with Crippen LogP contribution in [-0.2, 0) is 0 Å². The molecule has 3 aromatic rings. The van der Waals surface area contributed by atoms with Crippen LogP contribution in [0.4, 0.5) is 11.8 Å². The summed E-state index contributed by atoms with van der Waals surface area (Å²) in [5, 5.41) is 3.38. The van der Waals surface area contributed by atoms with Crippen molar-refractivity contribution in [1.29, 1.82) is 0 Å². The molecular weight excluding hydrogens is 352 g/mol. The van der Waals surface area contributed by atoms with E-state index in [1.54, 1.807) is 13.1 Å². The molecule has 0 saturated carbocycles. The third kappa shape index (κ3) is 3.35. The topological polar surface area (TPSA) is 97.0 Å². The largest absolute Gasteiger partial charge is 0.383 e. The SMILES string of the molecule is CNC(=O)c1cccc(-c2ccc3c(N)nc(N4CCCC[C@@H]4C)nc3n2)c1. The number of fused-ring (bicyclic) bond motifs is 1. The molecule has 7 nitrogen and oxygen atoms in total. The van der Waals surface area contributed by atoms with Crippen LogP contribution < -0.4 is 16.0 Å². The molecule has 7 heteroatoms. The molecule has 3 N–H and O–H groups in total. The average molecular weight is 376 g/mol. The van der Waals surface area contributed by atoms with Crippen LogP contribution in [0.15, 0.2) is 36.4 Å². The molecule has 0 aliphatic carbocycles. The monoisotopic (exact) mass is 376 g/mol. The van der Waals surface area contributed by atoms with Crippen LogP contribution in [0.5, 0.6) is 0 Å². The maximum absolute atomic E-state index is 11.9. The molecule has 0 bridgehead atoms. The van der Waals surface area contributed by atoms with Gasteiger partial charge in [-0.05, 0) is 50.5 Å². The van der Waals surface area contributed by atoms with E-state index >= 15 is 0 Å². The van der Waals surface area contributed by atoms with Crippen molar-refractivity contribution in [2.75, 3.05) is 24.2 Å². The van der Waals surface area contributed by atoms with Crippen LogP contribution >= 0.6 is 0 Å². The molecule has 1 saturated heterocycles. The standard InChI is InChI=1S/C21H24N6O/c1-13-6-3-4-11-27(13)21-25-18(22)16-9-10-17(24-19(16)26-21)14-7-5-8-15(12-14)20(28)23-2/h5,7-10,12-13H,3-4,6,11H2,1-2H3,(H,23,28)(H2,22,24,25,26)/t13-/m0/s1. The number of nitrogens with one attached hydrogen (secondary N) is 1. The number of anilines is 2. The van der Waals surface area contributed by atoms with Crippen molar-refractivity contribution in [3.05, 3.63) is 42.0 Å². The van der Waals surface area contributed by atoms with E-state index in [4.69, 9.17) is 15.7 Å². The second-order valence-corrected chi connectivity index (χ2v) is 7.17. The van der Waals surface area contributed by atoms with Crippen molar-refractivity contribution >= 4 is 28.7 Å². The Hall–Kier alpha value is -3.22. The fourth-order valence-corrected chi connectivity index (χ4v) is 3.67. The van der Waals surface area contributed by atoms with E-state index in [9.17, 15) is 4.79 Å². The summed E-state index contributed by atoms with van der Waals surface area (Å²) >= 11 is 0. The molecule has 1 aliphatic heterocycles. The third-order valence-electron chi connectivity index (χ3n) is 5.28. The quantitative estimate of drug-likeness (QED) is 0.729. The predicted molar refractivity (Wildman–Crippen MR) is 111 cm³/mol. The van der Waals surface area contributed by atoms with Gasteiger partial charge in [0.25, 0.3) is 5.91 Å². The number of rotatable bonds is 3. The van der Waals surface area contributed by atoms with Gasteiger partial charge in [-0.2, -0.15) is 9.97 Å². The molecule has 0 spiro atoms. The number of nitrogens with zero attached hydrogens (tertiary/aromatic N) is 4. The number of hydrogen-bond donors (Lipinski definition) is 2. The minimum Gasteiger partial charge on any atom is -0.383 e. The number of piperidine rings is 1. The average Bonchev–Trinajstić information content (AvgIpc) is 2.73. The lowest BCUT2D eigenvalue weighted by Gasteiger charge is -2.33. The Labute approximate surface area is 164 Å². The van der Waals surface area contributed by atoms with E-state index in [1.807, 2.05) is 30.3 Å². The van der Waals surface area contributed by atoms with Gasteiger partial charge in [0.2, 0.25) is 5.95 Å². The summed E-state index contributed by atoms with van der Waals surface area (Å²) < 4.78 is 0. The molecule has 0 radical (unpaired) electrons. The summed E-state index contributed by atoms with van der Waals surface area (Å²) in [4.78, 5) is 28.1. The molecule has 2 aromatic heterocycles. The highest BCUT2D eigenvalue weighted by atomic mass is 16.1. The highest BCUT2D eigenvalue weighted by molar-refractivity contribution is 5.95. The fraction of sp³-hybridized carbons (Fsp3) is 0.333. The van der Waals surface area contributed by atoms with Crippen molar-refractivity contribution in [2.24, 2.45) is 0 Å². The highest BCUT2D eigenvalue weighted by Crippen LogP contribution is 2.27. The summed E-state index contributed by atoms with van der Waals surface area (Å²) in [6.45, 7) is 3.12. The zero-order chi connectivity index (χ0) is 19.7. The third-order valence-corrected chi connectivity index (χ3v) is 5.28. The van der Waals surface area contributed by atoms with Gasteiger partial charge >= 0.3 is 0 Å². The summed E-state index contributed by atoms with van der Waals surface area (Å²) in [5.74, 6) is 0.951. The van der Waals surface area contributed by atoms with Crippen molar-refractivity contribution in [1.82, 2.24) is 20.3 Å². The van der Waals surface area contributed by atoms with Crippen molar-refractivity contribution < 1.29 is 4.79 Å². The number of hydrogen-bond acceptors (Lipinski definition) is 6. The van der Waals surface area contributed by atoms with Crippen LogP contribution in [0.3, 0.4) is 0 Å². The van der Waals surface area contributed by atoms with E-state index in [0.29, 0.717) is 29.0 Å². The zero-order valence-corrected chi connectivity index (χ0v) is 16.1. The Morgan fingerprint density at radius 3 is 2.82 bits per heavy atom. The molecule has 1 atom stereocenters. The molecular formula is C21H24N6O. The van der Waals surface area contributed by atoms with Crippen molar-refractivity contribution in [3.63, 3.8) is 0 Å². The van der Waals surface area contributed by atoms with Gasteiger partial charge in [0, 0.05) is 30.8 Å². The fourth-order valence-electron chi connectivity index (χ4n) is 3.67. The number of nitrogens with two attached hydrogens (primary N) is 1. The first kappa shape index (κ1) is 18.2.